The number of carbonyl (C=O) groups excluding carboxylic acids is 4. The molecule has 1 aliphatic heterocycles. The van der Waals surface area contributed by atoms with Crippen LogP contribution in [0.1, 0.15) is 50.9 Å². The Hall–Kier alpha value is -3.83. The molecule has 18 heteroatoms. The van der Waals surface area contributed by atoms with Gasteiger partial charge < -0.3 is 33.2 Å². The number of Topliss-reactive ketones (excluding diaryl/α,β-unsaturated/α-hetero) is 1. The van der Waals surface area contributed by atoms with E-state index in [0.29, 0.717) is 0 Å². The second-order valence-corrected chi connectivity index (χ2v) is 9.22. The van der Waals surface area contributed by atoms with Crippen molar-refractivity contribution in [1.29, 1.82) is 0 Å². The van der Waals surface area contributed by atoms with Gasteiger partial charge in [-0.25, -0.2) is 17.6 Å². The number of hydrogen-bond acceptors (Lipinski definition) is 12. The van der Waals surface area contributed by atoms with E-state index in [9.17, 15) is 36.7 Å². The fraction of sp³-hybridized carbons (Fsp3) is 0.615. The minimum atomic E-state index is -1.98. The Morgan fingerprint density at radius 3 is 1.82 bits per heavy atom. The van der Waals surface area contributed by atoms with Gasteiger partial charge in [0.15, 0.2) is 53.7 Å². The van der Waals surface area contributed by atoms with E-state index >= 15 is 0 Å². The van der Waals surface area contributed by atoms with Crippen molar-refractivity contribution in [3.63, 3.8) is 0 Å². The zero-order chi connectivity index (χ0) is 33.0. The first kappa shape index (κ1) is 36.4. The van der Waals surface area contributed by atoms with Crippen molar-refractivity contribution in [2.24, 2.45) is 5.11 Å². The van der Waals surface area contributed by atoms with Gasteiger partial charge in [0.05, 0.1) is 38.1 Å². The van der Waals surface area contributed by atoms with Gasteiger partial charge in [0.25, 0.3) is 0 Å². The summed E-state index contributed by atoms with van der Waals surface area (Å²) in [6.45, 7) is 4.93. The fourth-order valence-corrected chi connectivity index (χ4v) is 4.11. The van der Waals surface area contributed by atoms with E-state index < -0.39 is 95.3 Å². The molecule has 5 atom stereocenters. The van der Waals surface area contributed by atoms with Gasteiger partial charge in [-0.3, -0.25) is 19.2 Å². The molecule has 1 aliphatic rings. The Labute approximate surface area is 248 Å². The van der Waals surface area contributed by atoms with E-state index in [4.69, 9.17) is 38.7 Å². The van der Waals surface area contributed by atoms with Crippen LogP contribution in [0.5, 0.6) is 0 Å². The molecule has 1 heterocycles. The summed E-state index contributed by atoms with van der Waals surface area (Å²) in [6.07, 6.45) is -6.10. The van der Waals surface area contributed by atoms with Gasteiger partial charge in [-0.15, -0.1) is 0 Å². The summed E-state index contributed by atoms with van der Waals surface area (Å²) in [7, 11) is 0. The second kappa shape index (κ2) is 17.5. The molecule has 1 saturated heterocycles. The molecule has 0 N–H and O–H groups in total. The zero-order valence-electron chi connectivity index (χ0n) is 24.2. The Balaban J connectivity index is 1.78. The van der Waals surface area contributed by atoms with Crippen LogP contribution in [0.15, 0.2) is 5.11 Å². The Morgan fingerprint density at radius 1 is 0.773 bits per heavy atom. The third-order valence-corrected chi connectivity index (χ3v) is 5.87. The average Bonchev–Trinajstić information content (AvgIpc) is 2.94. The maximum atomic E-state index is 14.1. The van der Waals surface area contributed by atoms with Gasteiger partial charge in [-0.2, -0.15) is 0 Å². The maximum Gasteiger partial charge on any atom is 0.303 e. The number of hydrogen-bond donors (Lipinski definition) is 0. The van der Waals surface area contributed by atoms with Crippen LogP contribution >= 0.6 is 0 Å². The van der Waals surface area contributed by atoms with Crippen LogP contribution in [-0.4, -0.2) is 87.4 Å². The molecule has 2 unspecified atom stereocenters. The Kier molecular flexibility index (Phi) is 14.4. The number of ether oxygens (including phenoxy) is 7. The van der Waals surface area contributed by atoms with Crippen LogP contribution in [0.4, 0.5) is 23.2 Å². The van der Waals surface area contributed by atoms with Crippen molar-refractivity contribution >= 4 is 29.4 Å². The van der Waals surface area contributed by atoms with Gasteiger partial charge in [0, 0.05) is 38.7 Å². The number of rotatable bonds is 16. The highest BCUT2D eigenvalue weighted by molar-refractivity contribution is 5.97. The molecule has 0 saturated carbocycles. The largest absolute Gasteiger partial charge is 0.456 e. The van der Waals surface area contributed by atoms with Gasteiger partial charge in [0.1, 0.15) is 5.69 Å². The lowest BCUT2D eigenvalue weighted by Crippen LogP contribution is -2.61. The summed E-state index contributed by atoms with van der Waals surface area (Å²) >= 11 is 0. The Morgan fingerprint density at radius 2 is 1.27 bits per heavy atom. The number of benzene rings is 1. The molecule has 0 amide bonds. The van der Waals surface area contributed by atoms with E-state index in [-0.39, 0.29) is 39.5 Å². The van der Waals surface area contributed by atoms with Crippen LogP contribution in [0, 0.1) is 23.3 Å². The summed E-state index contributed by atoms with van der Waals surface area (Å²) in [6, 6.07) is 0. The summed E-state index contributed by atoms with van der Waals surface area (Å²) in [5, 5.41) is 2.56. The third kappa shape index (κ3) is 10.1. The lowest BCUT2D eigenvalue weighted by molar-refractivity contribution is -0.302. The molecular formula is C26H31F4N3O11. The summed E-state index contributed by atoms with van der Waals surface area (Å²) in [4.78, 5) is 49.2. The third-order valence-electron chi connectivity index (χ3n) is 5.87. The molecular weight excluding hydrogens is 606 g/mol. The molecule has 0 bridgehead atoms. The minimum Gasteiger partial charge on any atom is -0.456 e. The van der Waals surface area contributed by atoms with Crippen LogP contribution in [0.25, 0.3) is 10.4 Å². The predicted molar refractivity (Wildman–Crippen MR) is 137 cm³/mol. The van der Waals surface area contributed by atoms with Crippen molar-refractivity contribution in [2.75, 3.05) is 33.0 Å². The molecule has 0 aromatic heterocycles. The minimum absolute atomic E-state index is 0.00993. The normalized spacial score (nSPS) is 21.2. The first-order valence-corrected chi connectivity index (χ1v) is 13.2. The topological polar surface area (TPSA) is 182 Å². The summed E-state index contributed by atoms with van der Waals surface area (Å²) in [5.74, 6) is -11.2. The quantitative estimate of drug-likeness (QED) is 0.0296. The smallest absolute Gasteiger partial charge is 0.303 e. The van der Waals surface area contributed by atoms with Gasteiger partial charge in [-0.1, -0.05) is 5.11 Å². The van der Waals surface area contributed by atoms with Crippen molar-refractivity contribution in [3.05, 3.63) is 39.3 Å². The number of carbonyl (C=O) groups is 4. The van der Waals surface area contributed by atoms with E-state index in [1.807, 2.05) is 0 Å². The standard InChI is InChI=1S/C26H31F4N3O11/c1-12-23(42-13(2)34)24(43-14(3)35)25(44-15(4)36)26(41-12)40-11-10-39-9-8-38-7-5-6-16(37)17-18(27)20(29)22(32-33-31)21(30)19(17)28/h12,23-26H,5-11H2,1-4H3/t12-,23-,24?,25-,26?/m0/s1. The zero-order valence-corrected chi connectivity index (χ0v) is 24.2. The number of halogens is 4. The van der Waals surface area contributed by atoms with Crippen LogP contribution in [-0.2, 0) is 47.5 Å². The fourth-order valence-electron chi connectivity index (χ4n) is 4.11. The van der Waals surface area contributed by atoms with E-state index in [1.165, 1.54) is 0 Å². The van der Waals surface area contributed by atoms with Crippen molar-refractivity contribution < 1.29 is 69.9 Å². The number of ketones is 1. The molecule has 2 rings (SSSR count). The number of nitrogens with zero attached hydrogens (tertiary/aromatic N) is 3. The highest BCUT2D eigenvalue weighted by Crippen LogP contribution is 2.32. The number of esters is 3. The Bertz CT molecular complexity index is 1230. The molecule has 0 aliphatic carbocycles. The van der Waals surface area contributed by atoms with Crippen LogP contribution in [0.2, 0.25) is 0 Å². The lowest BCUT2D eigenvalue weighted by atomic mass is 9.99. The van der Waals surface area contributed by atoms with E-state index in [1.54, 1.807) is 6.92 Å². The van der Waals surface area contributed by atoms with Gasteiger partial charge >= 0.3 is 17.9 Å². The first-order valence-electron chi connectivity index (χ1n) is 13.2. The van der Waals surface area contributed by atoms with Crippen molar-refractivity contribution in [2.45, 2.75) is 71.2 Å². The highest BCUT2D eigenvalue weighted by atomic mass is 19.2. The van der Waals surface area contributed by atoms with Gasteiger partial charge in [-0.05, 0) is 18.9 Å². The number of azide groups is 1. The predicted octanol–water partition coefficient (Wildman–Crippen LogP) is 3.74. The highest BCUT2D eigenvalue weighted by Gasteiger charge is 2.50. The molecule has 1 aromatic carbocycles. The summed E-state index contributed by atoms with van der Waals surface area (Å²) in [5.41, 5.74) is 5.34. The molecule has 1 fully saturated rings. The molecule has 0 spiro atoms. The molecule has 0 radical (unpaired) electrons. The molecule has 14 nitrogen and oxygen atoms in total. The molecule has 244 valence electrons. The van der Waals surface area contributed by atoms with E-state index in [0.717, 1.165) is 20.8 Å². The first-order chi connectivity index (χ1) is 20.8. The maximum absolute atomic E-state index is 14.1. The second-order valence-electron chi connectivity index (χ2n) is 9.22. The SMILES string of the molecule is CC(=O)OC1[C@H](OC(C)=O)C(OCCOCCOCCCC(=O)c2c(F)c(F)c(N=[N+]=[N-])c(F)c2F)O[C@@H](C)[C@@H]1OC(C)=O. The van der Waals surface area contributed by atoms with Gasteiger partial charge in [0.2, 0.25) is 0 Å². The van der Waals surface area contributed by atoms with Crippen LogP contribution < -0.4 is 0 Å². The van der Waals surface area contributed by atoms with E-state index in [2.05, 4.69) is 10.0 Å². The van der Waals surface area contributed by atoms with Crippen molar-refractivity contribution in [1.82, 2.24) is 0 Å². The molecule has 1 aromatic rings. The van der Waals surface area contributed by atoms with Crippen molar-refractivity contribution in [3.8, 4) is 0 Å². The lowest BCUT2D eigenvalue weighted by Gasteiger charge is -2.43. The van der Waals surface area contributed by atoms with Crippen LogP contribution in [0.3, 0.4) is 0 Å². The average molecular weight is 638 g/mol. The molecule has 44 heavy (non-hydrogen) atoms. The summed E-state index contributed by atoms with van der Waals surface area (Å²) < 4.78 is 93.6. The monoisotopic (exact) mass is 637 g/mol.